The molecule has 0 fully saturated rings. The highest BCUT2D eigenvalue weighted by Gasteiger charge is 2.19. The number of rotatable bonds is 10. The molecule has 0 aliphatic rings. The molecule has 0 saturated heterocycles. The van der Waals surface area contributed by atoms with E-state index >= 15 is 0 Å². The lowest BCUT2D eigenvalue weighted by molar-refractivity contribution is 0.285. The van der Waals surface area contributed by atoms with Crippen LogP contribution < -0.4 is 5.32 Å². The third-order valence-corrected chi connectivity index (χ3v) is 4.48. The Kier molecular flexibility index (Phi) is 8.03. The predicted molar refractivity (Wildman–Crippen MR) is 94.8 cm³/mol. The van der Waals surface area contributed by atoms with Gasteiger partial charge in [-0.15, -0.1) is 0 Å². The van der Waals surface area contributed by atoms with Gasteiger partial charge in [0.2, 0.25) is 0 Å². The molecule has 0 bridgehead atoms. The number of unbranched alkanes of at least 4 members (excludes halogenated alkanes) is 2. The molecule has 21 heavy (non-hydrogen) atoms. The van der Waals surface area contributed by atoms with Crippen molar-refractivity contribution in [2.75, 3.05) is 6.54 Å². The molecule has 1 N–H and O–H groups in total. The topological polar surface area (TPSA) is 12.0 Å². The molecule has 0 aliphatic heterocycles. The zero-order valence-electron chi connectivity index (χ0n) is 14.8. The average Bonchev–Trinajstić information content (AvgIpc) is 2.48. The van der Waals surface area contributed by atoms with Gasteiger partial charge in [0, 0.05) is 12.6 Å². The predicted octanol–water partition coefficient (Wildman–Crippen LogP) is 5.90. The van der Waals surface area contributed by atoms with Crippen molar-refractivity contribution in [3.05, 3.63) is 35.4 Å². The van der Waals surface area contributed by atoms with Crippen LogP contribution in [0.2, 0.25) is 0 Å². The number of benzene rings is 1. The molecule has 1 unspecified atom stereocenters. The average molecular weight is 290 g/mol. The first-order valence-corrected chi connectivity index (χ1v) is 8.84. The highest BCUT2D eigenvalue weighted by Crippen LogP contribution is 2.25. The minimum atomic E-state index is 0.395. The maximum Gasteiger partial charge on any atom is 0.0317 e. The number of hydrogen-bond acceptors (Lipinski definition) is 1. The Morgan fingerprint density at radius 1 is 1.00 bits per heavy atom. The van der Waals surface area contributed by atoms with Crippen molar-refractivity contribution in [3.8, 4) is 0 Å². The van der Waals surface area contributed by atoms with Gasteiger partial charge in [-0.05, 0) is 35.8 Å². The third-order valence-electron chi connectivity index (χ3n) is 4.48. The summed E-state index contributed by atoms with van der Waals surface area (Å²) in [5, 5.41) is 3.79. The van der Waals surface area contributed by atoms with E-state index in [9.17, 15) is 0 Å². The number of hydrogen-bond donors (Lipinski definition) is 1. The maximum atomic E-state index is 3.79. The van der Waals surface area contributed by atoms with Crippen molar-refractivity contribution in [1.29, 1.82) is 0 Å². The quantitative estimate of drug-likeness (QED) is 0.529. The smallest absolute Gasteiger partial charge is 0.0317 e. The fourth-order valence-electron chi connectivity index (χ4n) is 2.82. The summed E-state index contributed by atoms with van der Waals surface area (Å²) in [6, 6.07) is 9.62. The molecule has 0 heterocycles. The standard InChI is InChI=1S/C20H35N/c1-6-9-10-15-20(4,5)16-21-19(8-3)18-13-11-17(7-2)12-14-18/h11-14,19,21H,6-10,15-16H2,1-5H3. The summed E-state index contributed by atoms with van der Waals surface area (Å²) < 4.78 is 0. The van der Waals surface area contributed by atoms with Gasteiger partial charge in [-0.2, -0.15) is 0 Å². The van der Waals surface area contributed by atoms with Crippen LogP contribution in [0.1, 0.15) is 83.9 Å². The molecule has 1 heteroatoms. The lowest BCUT2D eigenvalue weighted by Gasteiger charge is -2.28. The highest BCUT2D eigenvalue weighted by atomic mass is 14.9. The SMILES string of the molecule is CCCCCC(C)(C)CNC(CC)c1ccc(CC)cc1. The van der Waals surface area contributed by atoms with Crippen LogP contribution in [0.4, 0.5) is 0 Å². The largest absolute Gasteiger partial charge is 0.309 e. The first-order valence-electron chi connectivity index (χ1n) is 8.84. The van der Waals surface area contributed by atoms with Gasteiger partial charge in [0.1, 0.15) is 0 Å². The summed E-state index contributed by atoms with van der Waals surface area (Å²) in [5.74, 6) is 0. The Balaban J connectivity index is 2.52. The maximum absolute atomic E-state index is 3.79. The Morgan fingerprint density at radius 2 is 1.67 bits per heavy atom. The molecule has 0 aromatic heterocycles. The minimum absolute atomic E-state index is 0.395. The van der Waals surface area contributed by atoms with Crippen molar-refractivity contribution in [2.45, 2.75) is 79.2 Å². The van der Waals surface area contributed by atoms with Gasteiger partial charge < -0.3 is 5.32 Å². The summed E-state index contributed by atoms with van der Waals surface area (Å²) in [6.45, 7) is 12.6. The molecule has 0 radical (unpaired) electrons. The van der Waals surface area contributed by atoms with E-state index in [4.69, 9.17) is 0 Å². The number of aryl methyl sites for hydroxylation is 1. The fraction of sp³-hybridized carbons (Fsp3) is 0.700. The normalized spacial score (nSPS) is 13.4. The van der Waals surface area contributed by atoms with Gasteiger partial charge >= 0.3 is 0 Å². The first-order chi connectivity index (χ1) is 10.0. The van der Waals surface area contributed by atoms with E-state index in [1.807, 2.05) is 0 Å². The van der Waals surface area contributed by atoms with Gasteiger partial charge in [-0.1, -0.05) is 78.1 Å². The third kappa shape index (κ3) is 6.65. The highest BCUT2D eigenvalue weighted by molar-refractivity contribution is 5.25. The molecule has 1 atom stereocenters. The van der Waals surface area contributed by atoms with Crippen molar-refractivity contribution >= 4 is 0 Å². The Hall–Kier alpha value is -0.820. The number of nitrogens with one attached hydrogen (secondary N) is 1. The van der Waals surface area contributed by atoms with Crippen LogP contribution in [0, 0.1) is 5.41 Å². The molecule has 0 amide bonds. The molecular formula is C20H35N. The van der Waals surface area contributed by atoms with E-state index in [1.54, 1.807) is 0 Å². The van der Waals surface area contributed by atoms with Crippen molar-refractivity contribution in [1.82, 2.24) is 5.32 Å². The molecule has 120 valence electrons. The zero-order chi connectivity index (χ0) is 15.7. The van der Waals surface area contributed by atoms with E-state index in [0.29, 0.717) is 11.5 Å². The Bertz CT molecular complexity index is 377. The summed E-state index contributed by atoms with van der Waals surface area (Å²) in [5.41, 5.74) is 3.25. The van der Waals surface area contributed by atoms with Crippen LogP contribution >= 0.6 is 0 Å². The molecular weight excluding hydrogens is 254 g/mol. The lowest BCUT2D eigenvalue weighted by atomic mass is 9.86. The van der Waals surface area contributed by atoms with Gasteiger partial charge in [-0.3, -0.25) is 0 Å². The fourth-order valence-corrected chi connectivity index (χ4v) is 2.82. The zero-order valence-corrected chi connectivity index (χ0v) is 14.8. The van der Waals surface area contributed by atoms with Gasteiger partial charge in [0.05, 0.1) is 0 Å². The van der Waals surface area contributed by atoms with Gasteiger partial charge in [0.25, 0.3) is 0 Å². The Labute approximate surface area is 132 Å². The van der Waals surface area contributed by atoms with Crippen LogP contribution in [-0.2, 0) is 6.42 Å². The van der Waals surface area contributed by atoms with Gasteiger partial charge in [0.15, 0.2) is 0 Å². The van der Waals surface area contributed by atoms with Crippen LogP contribution in [0.15, 0.2) is 24.3 Å². The molecule has 1 aromatic carbocycles. The van der Waals surface area contributed by atoms with E-state index in [2.05, 4.69) is 64.2 Å². The molecule has 0 aliphatic carbocycles. The molecule has 1 rings (SSSR count). The van der Waals surface area contributed by atoms with E-state index in [1.165, 1.54) is 36.8 Å². The second-order valence-corrected chi connectivity index (χ2v) is 7.06. The molecule has 0 saturated carbocycles. The van der Waals surface area contributed by atoms with Crippen LogP contribution in [0.5, 0.6) is 0 Å². The second-order valence-electron chi connectivity index (χ2n) is 7.06. The second kappa shape index (κ2) is 9.25. The van der Waals surface area contributed by atoms with E-state index in [0.717, 1.165) is 19.4 Å². The lowest BCUT2D eigenvalue weighted by Crippen LogP contribution is -2.32. The van der Waals surface area contributed by atoms with Crippen LogP contribution in [-0.4, -0.2) is 6.54 Å². The summed E-state index contributed by atoms with van der Waals surface area (Å²) in [6.07, 6.45) is 7.61. The van der Waals surface area contributed by atoms with Crippen LogP contribution in [0.3, 0.4) is 0 Å². The molecule has 1 aromatic rings. The van der Waals surface area contributed by atoms with Crippen LogP contribution in [0.25, 0.3) is 0 Å². The summed E-state index contributed by atoms with van der Waals surface area (Å²) >= 11 is 0. The first kappa shape index (κ1) is 18.2. The van der Waals surface area contributed by atoms with Gasteiger partial charge in [-0.25, -0.2) is 0 Å². The minimum Gasteiger partial charge on any atom is -0.309 e. The Morgan fingerprint density at radius 3 is 2.19 bits per heavy atom. The monoisotopic (exact) mass is 289 g/mol. The molecule has 0 spiro atoms. The van der Waals surface area contributed by atoms with Crippen molar-refractivity contribution < 1.29 is 0 Å². The van der Waals surface area contributed by atoms with Crippen molar-refractivity contribution in [3.63, 3.8) is 0 Å². The summed E-state index contributed by atoms with van der Waals surface area (Å²) in [7, 11) is 0. The molecule has 1 nitrogen and oxygen atoms in total. The van der Waals surface area contributed by atoms with Crippen molar-refractivity contribution in [2.24, 2.45) is 5.41 Å². The van der Waals surface area contributed by atoms with E-state index in [-0.39, 0.29) is 0 Å². The summed E-state index contributed by atoms with van der Waals surface area (Å²) in [4.78, 5) is 0. The van der Waals surface area contributed by atoms with E-state index < -0.39 is 0 Å².